The summed E-state index contributed by atoms with van der Waals surface area (Å²) in [6.07, 6.45) is 0.423. The fraction of sp³-hybridized carbons (Fsp3) is 1.00. The quantitative estimate of drug-likeness (QED) is 0.406. The summed E-state index contributed by atoms with van der Waals surface area (Å²) in [7, 11) is 0. The molecule has 3 nitrogen and oxygen atoms in total. The van der Waals surface area contributed by atoms with E-state index in [2.05, 4.69) is 5.32 Å². The lowest BCUT2D eigenvalue weighted by atomic mass is 10.2. The van der Waals surface area contributed by atoms with Gasteiger partial charge in [-0.25, -0.2) is 0 Å². The fourth-order valence-corrected chi connectivity index (χ4v) is 0.955. The van der Waals surface area contributed by atoms with Crippen LogP contribution in [0.5, 0.6) is 0 Å². The largest absolute Gasteiger partial charge is 0.830 e. The van der Waals surface area contributed by atoms with Crippen molar-refractivity contribution in [1.82, 2.24) is 5.32 Å². The van der Waals surface area contributed by atoms with E-state index in [1.54, 1.807) is 0 Å². The Labute approximate surface area is 48.3 Å². The van der Waals surface area contributed by atoms with Gasteiger partial charge in [0.2, 0.25) is 0 Å². The first-order chi connectivity index (χ1) is 3.80. The predicted molar refractivity (Wildman–Crippen MR) is 27.0 cm³/mol. The Bertz CT molecular complexity index is 68.8. The minimum absolute atomic E-state index is 0.185. The van der Waals surface area contributed by atoms with E-state index in [0.29, 0.717) is 0 Å². The molecule has 2 atom stereocenters. The number of rotatable bonds is 1. The number of hydrogen-bond donors (Lipinski definition) is 2. The van der Waals surface area contributed by atoms with Crippen LogP contribution in [-0.2, 0) is 0 Å². The molecule has 0 aromatic rings. The van der Waals surface area contributed by atoms with Crippen molar-refractivity contribution in [3.63, 3.8) is 0 Å². The summed E-state index contributed by atoms with van der Waals surface area (Å²) in [4.78, 5) is 0. The van der Waals surface area contributed by atoms with Crippen LogP contribution in [0.3, 0.4) is 0 Å². The van der Waals surface area contributed by atoms with E-state index in [1.165, 1.54) is 0 Å². The SMILES string of the molecule is [O-]C(O)[C@@H]1CCCN1. The van der Waals surface area contributed by atoms with Gasteiger partial charge in [0.05, 0.1) is 0 Å². The molecule has 0 amide bonds. The highest BCUT2D eigenvalue weighted by atomic mass is 16.5. The molecule has 48 valence electrons. The van der Waals surface area contributed by atoms with E-state index in [9.17, 15) is 5.11 Å². The zero-order valence-corrected chi connectivity index (χ0v) is 4.63. The van der Waals surface area contributed by atoms with Crippen LogP contribution in [-0.4, -0.2) is 24.0 Å². The topological polar surface area (TPSA) is 55.3 Å². The van der Waals surface area contributed by atoms with E-state index in [4.69, 9.17) is 5.11 Å². The van der Waals surface area contributed by atoms with Gasteiger partial charge in [-0.05, 0) is 25.7 Å². The molecule has 1 unspecified atom stereocenters. The molecule has 0 radical (unpaired) electrons. The lowest BCUT2D eigenvalue weighted by Gasteiger charge is -2.22. The Balaban J connectivity index is 2.24. The Kier molecular flexibility index (Phi) is 1.83. The zero-order chi connectivity index (χ0) is 5.98. The molecule has 0 aliphatic carbocycles. The summed E-state index contributed by atoms with van der Waals surface area (Å²) in [6, 6.07) is -0.185. The van der Waals surface area contributed by atoms with Crippen LogP contribution in [0.25, 0.3) is 0 Å². The summed E-state index contributed by atoms with van der Waals surface area (Å²) in [5.41, 5.74) is 0. The maximum atomic E-state index is 10.2. The molecule has 0 aromatic carbocycles. The zero-order valence-electron chi connectivity index (χ0n) is 4.63. The standard InChI is InChI=1S/C5H10NO2/c7-5(8)4-2-1-3-6-4/h4-7H,1-3H2/q-1/t4-,5?/m0/s1. The minimum Gasteiger partial charge on any atom is -0.830 e. The minimum atomic E-state index is -1.42. The van der Waals surface area contributed by atoms with Gasteiger partial charge in [0.15, 0.2) is 0 Å². The van der Waals surface area contributed by atoms with E-state index in [0.717, 1.165) is 19.4 Å². The third kappa shape index (κ3) is 1.18. The number of aliphatic hydroxyl groups is 1. The van der Waals surface area contributed by atoms with Gasteiger partial charge >= 0.3 is 0 Å². The van der Waals surface area contributed by atoms with Gasteiger partial charge in [-0.15, -0.1) is 0 Å². The molecule has 2 N–H and O–H groups in total. The molecule has 0 spiro atoms. The average molecular weight is 116 g/mol. The number of aliphatic hydroxyl groups excluding tert-OH is 1. The molecule has 8 heavy (non-hydrogen) atoms. The van der Waals surface area contributed by atoms with Crippen LogP contribution in [0.1, 0.15) is 12.8 Å². The van der Waals surface area contributed by atoms with Gasteiger partial charge in [-0.1, -0.05) is 0 Å². The van der Waals surface area contributed by atoms with Crippen molar-refractivity contribution in [2.24, 2.45) is 0 Å². The second-order valence-electron chi connectivity index (χ2n) is 2.09. The molecule has 1 fully saturated rings. The molecule has 1 aliphatic heterocycles. The first-order valence-electron chi connectivity index (χ1n) is 2.88. The maximum absolute atomic E-state index is 10.2. The Morgan fingerprint density at radius 3 is 2.75 bits per heavy atom. The van der Waals surface area contributed by atoms with E-state index < -0.39 is 6.29 Å². The van der Waals surface area contributed by atoms with Crippen LogP contribution in [0.15, 0.2) is 0 Å². The van der Waals surface area contributed by atoms with E-state index >= 15 is 0 Å². The first kappa shape index (κ1) is 6.01. The normalized spacial score (nSPS) is 33.0. The van der Waals surface area contributed by atoms with Crippen molar-refractivity contribution in [3.8, 4) is 0 Å². The first-order valence-corrected chi connectivity index (χ1v) is 2.88. The number of nitrogens with one attached hydrogen (secondary N) is 1. The van der Waals surface area contributed by atoms with Crippen molar-refractivity contribution in [2.75, 3.05) is 6.54 Å². The molecule has 3 heteroatoms. The molecule has 1 aliphatic rings. The summed E-state index contributed by atoms with van der Waals surface area (Å²) in [6.45, 7) is 0.879. The molecule has 1 heterocycles. The van der Waals surface area contributed by atoms with Gasteiger partial charge in [-0.3, -0.25) is 0 Å². The van der Waals surface area contributed by atoms with Crippen molar-refractivity contribution in [1.29, 1.82) is 0 Å². The van der Waals surface area contributed by atoms with Gasteiger partial charge in [0.25, 0.3) is 0 Å². The molecule has 0 saturated carbocycles. The molecule has 0 bridgehead atoms. The van der Waals surface area contributed by atoms with Gasteiger partial charge < -0.3 is 15.5 Å². The van der Waals surface area contributed by atoms with Crippen LogP contribution < -0.4 is 10.4 Å². The van der Waals surface area contributed by atoms with Crippen LogP contribution in [0.4, 0.5) is 0 Å². The monoisotopic (exact) mass is 116 g/mol. The maximum Gasteiger partial charge on any atom is 0.0176 e. The summed E-state index contributed by atoms with van der Waals surface area (Å²) in [5, 5.41) is 21.6. The molecule has 0 aromatic heterocycles. The second kappa shape index (κ2) is 2.44. The second-order valence-corrected chi connectivity index (χ2v) is 2.09. The highest BCUT2D eigenvalue weighted by molar-refractivity contribution is 4.74. The average Bonchev–Trinajstić information content (AvgIpc) is 2.12. The third-order valence-electron chi connectivity index (χ3n) is 1.44. The number of hydrogen-bond acceptors (Lipinski definition) is 3. The predicted octanol–water partition coefficient (Wildman–Crippen LogP) is -1.58. The van der Waals surface area contributed by atoms with Gasteiger partial charge in [0.1, 0.15) is 0 Å². The van der Waals surface area contributed by atoms with Crippen molar-refractivity contribution < 1.29 is 10.2 Å². The van der Waals surface area contributed by atoms with Crippen molar-refractivity contribution >= 4 is 0 Å². The van der Waals surface area contributed by atoms with Crippen molar-refractivity contribution in [3.05, 3.63) is 0 Å². The summed E-state index contributed by atoms with van der Waals surface area (Å²) in [5.74, 6) is 0. The summed E-state index contributed by atoms with van der Waals surface area (Å²) >= 11 is 0. The van der Waals surface area contributed by atoms with Crippen LogP contribution in [0.2, 0.25) is 0 Å². The Hall–Kier alpha value is -0.120. The van der Waals surface area contributed by atoms with Crippen LogP contribution in [0, 0.1) is 0 Å². The summed E-state index contributed by atoms with van der Waals surface area (Å²) < 4.78 is 0. The van der Waals surface area contributed by atoms with Crippen LogP contribution >= 0.6 is 0 Å². The molecular weight excluding hydrogens is 106 g/mol. The Morgan fingerprint density at radius 2 is 2.50 bits per heavy atom. The highest BCUT2D eigenvalue weighted by Gasteiger charge is 2.13. The van der Waals surface area contributed by atoms with Gasteiger partial charge in [0, 0.05) is 6.04 Å². The lowest BCUT2D eigenvalue weighted by Crippen LogP contribution is -2.43. The lowest BCUT2D eigenvalue weighted by molar-refractivity contribution is -0.488. The van der Waals surface area contributed by atoms with E-state index in [-0.39, 0.29) is 6.04 Å². The fourth-order valence-electron chi connectivity index (χ4n) is 0.955. The van der Waals surface area contributed by atoms with Gasteiger partial charge in [-0.2, -0.15) is 0 Å². The highest BCUT2D eigenvalue weighted by Crippen LogP contribution is 2.04. The van der Waals surface area contributed by atoms with Crippen molar-refractivity contribution in [2.45, 2.75) is 25.2 Å². The molecular formula is C5H10NO2-. The third-order valence-corrected chi connectivity index (χ3v) is 1.44. The van der Waals surface area contributed by atoms with E-state index in [1.807, 2.05) is 0 Å². The molecule has 1 saturated heterocycles. The smallest absolute Gasteiger partial charge is 0.0176 e. The molecule has 1 rings (SSSR count). The Morgan fingerprint density at radius 1 is 1.75 bits per heavy atom.